The van der Waals surface area contributed by atoms with Crippen LogP contribution in [0.2, 0.25) is 0 Å². The molecule has 0 aliphatic rings. The molecule has 2 rings (SSSR count). The number of aromatic nitrogens is 1. The first-order valence-electron chi connectivity index (χ1n) is 6.45. The van der Waals surface area contributed by atoms with Gasteiger partial charge in [-0.25, -0.2) is 4.98 Å². The molecule has 0 aliphatic heterocycles. The molecule has 2 aromatic heterocycles. The Hall–Kier alpha value is -1.77. The van der Waals surface area contributed by atoms with Gasteiger partial charge in [0.15, 0.2) is 5.13 Å². The predicted octanol–water partition coefficient (Wildman–Crippen LogP) is 1.46. The van der Waals surface area contributed by atoms with Crippen molar-refractivity contribution in [3.8, 4) is 0 Å². The number of nitrogens with two attached hydrogens (primary N) is 1. The fraction of sp³-hybridized carbons (Fsp3) is 0.308. The largest absolute Gasteiger partial charge is 0.356 e. The number of carbonyl (C=O) groups excluding carboxylic acids is 2. The van der Waals surface area contributed by atoms with Crippen molar-refractivity contribution in [2.75, 3.05) is 18.4 Å². The molecular formula is C13H16N4O2S2. The van der Waals surface area contributed by atoms with Crippen LogP contribution in [0.4, 0.5) is 5.13 Å². The third-order valence-electron chi connectivity index (χ3n) is 2.56. The van der Waals surface area contributed by atoms with Crippen molar-refractivity contribution in [3.63, 3.8) is 0 Å². The Balaban J connectivity index is 1.84. The van der Waals surface area contributed by atoms with Crippen molar-refractivity contribution < 1.29 is 9.59 Å². The van der Waals surface area contributed by atoms with Gasteiger partial charge < -0.3 is 11.1 Å². The zero-order chi connectivity index (χ0) is 15.1. The number of hydrogen-bond acceptors (Lipinski definition) is 6. The summed E-state index contributed by atoms with van der Waals surface area (Å²) in [6.45, 7) is 1.12. The summed E-state index contributed by atoms with van der Waals surface area (Å²) in [5.41, 5.74) is 6.00. The Bertz CT molecular complexity index is 595. The number of rotatable bonds is 7. The van der Waals surface area contributed by atoms with Gasteiger partial charge in [0.1, 0.15) is 0 Å². The molecule has 21 heavy (non-hydrogen) atoms. The molecule has 0 spiro atoms. The smallest absolute Gasteiger partial charge is 0.267 e. The Morgan fingerprint density at radius 2 is 2.19 bits per heavy atom. The van der Waals surface area contributed by atoms with Crippen LogP contribution in [0.1, 0.15) is 21.8 Å². The first kappa shape index (κ1) is 15.6. The highest BCUT2D eigenvalue weighted by Gasteiger charge is 2.11. The molecule has 2 heterocycles. The highest BCUT2D eigenvalue weighted by atomic mass is 32.1. The number of thiazole rings is 1. The van der Waals surface area contributed by atoms with Gasteiger partial charge in [-0.3, -0.25) is 14.9 Å². The first-order valence-corrected chi connectivity index (χ1v) is 8.21. The van der Waals surface area contributed by atoms with E-state index in [0.29, 0.717) is 28.8 Å². The second-order valence-electron chi connectivity index (χ2n) is 4.24. The summed E-state index contributed by atoms with van der Waals surface area (Å²) in [7, 11) is 0. The van der Waals surface area contributed by atoms with E-state index in [0.717, 1.165) is 6.42 Å². The molecule has 0 fully saturated rings. The van der Waals surface area contributed by atoms with Crippen LogP contribution in [0.3, 0.4) is 0 Å². The molecule has 2 aromatic rings. The van der Waals surface area contributed by atoms with Crippen LogP contribution in [-0.4, -0.2) is 29.9 Å². The maximum absolute atomic E-state index is 11.9. The molecule has 0 aromatic carbocycles. The van der Waals surface area contributed by atoms with E-state index in [-0.39, 0.29) is 18.2 Å². The van der Waals surface area contributed by atoms with Crippen LogP contribution in [-0.2, 0) is 11.2 Å². The molecule has 0 bridgehead atoms. The lowest BCUT2D eigenvalue weighted by molar-refractivity contribution is -0.120. The van der Waals surface area contributed by atoms with Gasteiger partial charge in [-0.15, -0.1) is 22.7 Å². The minimum atomic E-state index is -0.182. The van der Waals surface area contributed by atoms with Crippen LogP contribution < -0.4 is 16.4 Å². The summed E-state index contributed by atoms with van der Waals surface area (Å²) in [5, 5.41) is 9.60. The molecular weight excluding hydrogens is 308 g/mol. The summed E-state index contributed by atoms with van der Waals surface area (Å²) in [6, 6.07) is 3.57. The molecule has 0 aliphatic carbocycles. The maximum Gasteiger partial charge on any atom is 0.267 e. The Morgan fingerprint density at radius 3 is 2.90 bits per heavy atom. The van der Waals surface area contributed by atoms with Gasteiger partial charge in [0.05, 0.1) is 17.0 Å². The number of nitrogens with zero attached hydrogens (tertiary/aromatic N) is 1. The average molecular weight is 324 g/mol. The lowest BCUT2D eigenvalue weighted by Crippen LogP contribution is -2.27. The standard InChI is InChI=1S/C13H16N4O2S2/c14-4-2-5-15-11(18)7-9-8-21-13(16-9)17-12(19)10-3-1-6-20-10/h1,3,6,8H,2,4-5,7,14H2,(H,15,18)(H,16,17,19). The minimum Gasteiger partial charge on any atom is -0.356 e. The molecule has 8 heteroatoms. The minimum absolute atomic E-state index is 0.0927. The van der Waals surface area contributed by atoms with Gasteiger partial charge in [0.25, 0.3) is 5.91 Å². The summed E-state index contributed by atoms with van der Waals surface area (Å²) in [5.74, 6) is -0.275. The van der Waals surface area contributed by atoms with Crippen molar-refractivity contribution in [1.29, 1.82) is 0 Å². The third-order valence-corrected chi connectivity index (χ3v) is 4.24. The number of thiophene rings is 1. The fourth-order valence-electron chi connectivity index (χ4n) is 1.57. The van der Waals surface area contributed by atoms with Crippen LogP contribution in [0, 0.1) is 0 Å². The van der Waals surface area contributed by atoms with Crippen molar-refractivity contribution in [2.24, 2.45) is 5.73 Å². The predicted molar refractivity (Wildman–Crippen MR) is 84.8 cm³/mol. The van der Waals surface area contributed by atoms with E-state index in [1.807, 2.05) is 11.4 Å². The van der Waals surface area contributed by atoms with E-state index in [1.165, 1.54) is 22.7 Å². The maximum atomic E-state index is 11.9. The van der Waals surface area contributed by atoms with Crippen molar-refractivity contribution in [2.45, 2.75) is 12.8 Å². The summed E-state index contributed by atoms with van der Waals surface area (Å²) < 4.78 is 0. The normalized spacial score (nSPS) is 10.3. The Morgan fingerprint density at radius 1 is 1.33 bits per heavy atom. The molecule has 0 saturated carbocycles. The van der Waals surface area contributed by atoms with Gasteiger partial charge in [-0.2, -0.15) is 0 Å². The van der Waals surface area contributed by atoms with E-state index < -0.39 is 0 Å². The van der Waals surface area contributed by atoms with E-state index >= 15 is 0 Å². The molecule has 0 saturated heterocycles. The Kier molecular flexibility index (Phi) is 5.85. The fourth-order valence-corrected chi connectivity index (χ4v) is 2.89. The summed E-state index contributed by atoms with van der Waals surface area (Å²) in [4.78, 5) is 28.4. The van der Waals surface area contributed by atoms with Crippen molar-refractivity contribution in [1.82, 2.24) is 10.3 Å². The molecule has 2 amide bonds. The van der Waals surface area contributed by atoms with Crippen LogP contribution in [0.15, 0.2) is 22.9 Å². The van der Waals surface area contributed by atoms with Crippen molar-refractivity contribution >= 4 is 39.6 Å². The van der Waals surface area contributed by atoms with Gasteiger partial charge in [0.2, 0.25) is 5.91 Å². The van der Waals surface area contributed by atoms with Crippen molar-refractivity contribution in [3.05, 3.63) is 33.5 Å². The van der Waals surface area contributed by atoms with E-state index in [1.54, 1.807) is 11.4 Å². The molecule has 6 nitrogen and oxygen atoms in total. The molecule has 4 N–H and O–H groups in total. The highest BCUT2D eigenvalue weighted by Crippen LogP contribution is 2.18. The van der Waals surface area contributed by atoms with Crippen LogP contribution >= 0.6 is 22.7 Å². The van der Waals surface area contributed by atoms with E-state index in [4.69, 9.17) is 5.73 Å². The summed E-state index contributed by atoms with van der Waals surface area (Å²) in [6.07, 6.45) is 0.959. The van der Waals surface area contributed by atoms with E-state index in [2.05, 4.69) is 15.6 Å². The average Bonchev–Trinajstić information content (AvgIpc) is 3.10. The quantitative estimate of drug-likeness (QED) is 0.672. The number of anilines is 1. The van der Waals surface area contributed by atoms with E-state index in [9.17, 15) is 9.59 Å². The number of carbonyl (C=O) groups is 2. The van der Waals surface area contributed by atoms with Crippen LogP contribution in [0.25, 0.3) is 0 Å². The van der Waals surface area contributed by atoms with Gasteiger partial charge in [-0.05, 0) is 24.4 Å². The Labute approximate surface area is 130 Å². The lowest BCUT2D eigenvalue weighted by Gasteiger charge is -2.02. The first-order chi connectivity index (χ1) is 10.2. The number of nitrogens with one attached hydrogen (secondary N) is 2. The van der Waals surface area contributed by atoms with Gasteiger partial charge >= 0.3 is 0 Å². The highest BCUT2D eigenvalue weighted by molar-refractivity contribution is 7.14. The SMILES string of the molecule is NCCCNC(=O)Cc1csc(NC(=O)c2cccs2)n1. The lowest BCUT2D eigenvalue weighted by atomic mass is 10.3. The van der Waals surface area contributed by atoms with Crippen LogP contribution in [0.5, 0.6) is 0 Å². The molecule has 0 atom stereocenters. The molecule has 0 unspecified atom stereocenters. The number of amides is 2. The number of hydrogen-bond donors (Lipinski definition) is 3. The van der Waals surface area contributed by atoms with Gasteiger partial charge in [0, 0.05) is 11.9 Å². The zero-order valence-corrected chi connectivity index (χ0v) is 12.9. The second kappa shape index (κ2) is 7.87. The molecule has 112 valence electrons. The monoisotopic (exact) mass is 324 g/mol. The second-order valence-corrected chi connectivity index (χ2v) is 6.05. The topological polar surface area (TPSA) is 97.1 Å². The zero-order valence-electron chi connectivity index (χ0n) is 11.3. The van der Waals surface area contributed by atoms with Gasteiger partial charge in [-0.1, -0.05) is 6.07 Å². The summed E-state index contributed by atoms with van der Waals surface area (Å²) >= 11 is 2.68. The third kappa shape index (κ3) is 4.92. The molecule has 0 radical (unpaired) electrons.